The molecule has 3 heteroatoms. The lowest BCUT2D eigenvalue weighted by molar-refractivity contribution is -0.0421. The second-order valence-corrected chi connectivity index (χ2v) is 9.10. The van der Waals surface area contributed by atoms with E-state index in [-0.39, 0.29) is 6.04 Å². The first-order valence-electron chi connectivity index (χ1n) is 11.9. The van der Waals surface area contributed by atoms with E-state index in [1.807, 2.05) is 12.1 Å². The molecule has 0 bridgehead atoms. The van der Waals surface area contributed by atoms with Gasteiger partial charge >= 0.3 is 0 Å². The Hall–Kier alpha value is -3.71. The summed E-state index contributed by atoms with van der Waals surface area (Å²) in [4.78, 5) is 4.80. The average molecular weight is 444 g/mol. The molecule has 0 saturated carbocycles. The fraction of sp³-hybridized carbons (Fsp3) is 0.194. The fourth-order valence-electron chi connectivity index (χ4n) is 5.00. The van der Waals surface area contributed by atoms with Crippen LogP contribution in [0.25, 0.3) is 0 Å². The first-order chi connectivity index (χ1) is 16.8. The first-order valence-corrected chi connectivity index (χ1v) is 11.9. The summed E-state index contributed by atoms with van der Waals surface area (Å²) < 4.78 is 0. The predicted molar refractivity (Wildman–Crippen MR) is 137 cm³/mol. The van der Waals surface area contributed by atoms with Crippen LogP contribution in [-0.4, -0.2) is 28.4 Å². The lowest BCUT2D eigenvalue weighted by Crippen LogP contribution is -2.69. The van der Waals surface area contributed by atoms with Crippen molar-refractivity contribution in [2.24, 2.45) is 0 Å². The van der Waals surface area contributed by atoms with E-state index in [2.05, 4.69) is 125 Å². The molecule has 0 radical (unpaired) electrons. The van der Waals surface area contributed by atoms with Gasteiger partial charge in [-0.05, 0) is 22.3 Å². The van der Waals surface area contributed by atoms with Crippen molar-refractivity contribution in [3.63, 3.8) is 0 Å². The minimum atomic E-state index is -0.534. The first kappa shape index (κ1) is 22.1. The van der Waals surface area contributed by atoms with Gasteiger partial charge in [0.25, 0.3) is 0 Å². The lowest BCUT2D eigenvalue weighted by atomic mass is 9.83. The molecule has 0 amide bonds. The van der Waals surface area contributed by atoms with Crippen LogP contribution >= 0.6 is 0 Å². The van der Waals surface area contributed by atoms with Crippen LogP contribution in [0.1, 0.15) is 28.3 Å². The molecular formula is C31H29N3. The highest BCUT2D eigenvalue weighted by Crippen LogP contribution is 2.39. The zero-order valence-corrected chi connectivity index (χ0v) is 19.3. The third-order valence-electron chi connectivity index (χ3n) is 6.77. The minimum absolute atomic E-state index is 0.138. The van der Waals surface area contributed by atoms with Crippen LogP contribution in [0.5, 0.6) is 0 Å². The van der Waals surface area contributed by atoms with Crippen molar-refractivity contribution in [2.75, 3.05) is 13.1 Å². The lowest BCUT2D eigenvalue weighted by Gasteiger charge is -2.54. The molecule has 1 aliphatic rings. The van der Waals surface area contributed by atoms with Crippen molar-refractivity contribution < 1.29 is 0 Å². The molecular weight excluding hydrogens is 414 g/mol. The van der Waals surface area contributed by atoms with Gasteiger partial charge in [-0.2, -0.15) is 5.26 Å². The summed E-state index contributed by atoms with van der Waals surface area (Å²) >= 11 is 0. The van der Waals surface area contributed by atoms with Crippen molar-refractivity contribution in [2.45, 2.75) is 24.7 Å². The third-order valence-corrected chi connectivity index (χ3v) is 6.77. The monoisotopic (exact) mass is 443 g/mol. The van der Waals surface area contributed by atoms with Crippen molar-refractivity contribution >= 4 is 0 Å². The van der Waals surface area contributed by atoms with Crippen molar-refractivity contribution in [3.05, 3.63) is 144 Å². The number of nitriles is 1. The largest absolute Gasteiger partial charge is 0.286 e. The standard InChI is InChI=1S/C31H29N3/c32-23-31(34(21-26-13-5-1-6-14-26)22-27-15-7-2-8-16-27)24-33(25-31)30(28-17-9-3-10-18-28)29-19-11-4-12-20-29/h1-20,30H,21-22,24-25H2. The number of hydrogen-bond donors (Lipinski definition) is 0. The Morgan fingerprint density at radius 1 is 0.647 bits per heavy atom. The van der Waals surface area contributed by atoms with Gasteiger partial charge in [-0.3, -0.25) is 9.80 Å². The van der Waals surface area contributed by atoms with Gasteiger partial charge in [0, 0.05) is 26.2 Å². The Bertz CT molecular complexity index is 1130. The van der Waals surface area contributed by atoms with E-state index in [1.54, 1.807) is 0 Å². The minimum Gasteiger partial charge on any atom is -0.286 e. The van der Waals surface area contributed by atoms with Crippen LogP contribution in [0.2, 0.25) is 0 Å². The van der Waals surface area contributed by atoms with E-state index >= 15 is 0 Å². The molecule has 1 heterocycles. The zero-order valence-electron chi connectivity index (χ0n) is 19.3. The Morgan fingerprint density at radius 3 is 1.41 bits per heavy atom. The van der Waals surface area contributed by atoms with E-state index in [0.717, 1.165) is 13.1 Å². The Balaban J connectivity index is 1.44. The number of nitrogens with zero attached hydrogens (tertiary/aromatic N) is 3. The molecule has 168 valence electrons. The Labute approximate surface area is 202 Å². The highest BCUT2D eigenvalue weighted by Gasteiger charge is 2.50. The SMILES string of the molecule is N#CC1(N(Cc2ccccc2)Cc2ccccc2)CN(C(c2ccccc2)c2ccccc2)C1. The van der Waals surface area contributed by atoms with Gasteiger partial charge in [-0.15, -0.1) is 0 Å². The molecule has 0 spiro atoms. The van der Waals surface area contributed by atoms with Gasteiger partial charge in [0.15, 0.2) is 0 Å². The summed E-state index contributed by atoms with van der Waals surface area (Å²) in [7, 11) is 0. The van der Waals surface area contributed by atoms with Gasteiger partial charge < -0.3 is 0 Å². The van der Waals surface area contributed by atoms with Gasteiger partial charge in [0.1, 0.15) is 5.54 Å². The van der Waals surface area contributed by atoms with Crippen LogP contribution in [0.4, 0.5) is 0 Å². The van der Waals surface area contributed by atoms with E-state index in [4.69, 9.17) is 0 Å². The molecule has 0 aliphatic carbocycles. The molecule has 0 N–H and O–H groups in total. The molecule has 4 aromatic carbocycles. The quantitative estimate of drug-likeness (QED) is 0.332. The molecule has 3 nitrogen and oxygen atoms in total. The molecule has 0 unspecified atom stereocenters. The Morgan fingerprint density at radius 2 is 1.03 bits per heavy atom. The Kier molecular flexibility index (Phi) is 6.53. The van der Waals surface area contributed by atoms with E-state index in [0.29, 0.717) is 13.1 Å². The molecule has 1 saturated heterocycles. The molecule has 34 heavy (non-hydrogen) atoms. The highest BCUT2D eigenvalue weighted by atomic mass is 15.4. The molecule has 0 atom stereocenters. The smallest absolute Gasteiger partial charge is 0.135 e. The van der Waals surface area contributed by atoms with Crippen LogP contribution in [0.15, 0.2) is 121 Å². The zero-order chi connectivity index (χ0) is 23.2. The summed E-state index contributed by atoms with van der Waals surface area (Å²) in [6.07, 6.45) is 0. The fourth-order valence-corrected chi connectivity index (χ4v) is 5.00. The van der Waals surface area contributed by atoms with Gasteiger partial charge in [-0.1, -0.05) is 121 Å². The summed E-state index contributed by atoms with van der Waals surface area (Å²) in [5.74, 6) is 0. The molecule has 0 aromatic heterocycles. The molecule has 5 rings (SSSR count). The summed E-state index contributed by atoms with van der Waals surface area (Å²) in [6, 6.07) is 45.1. The second kappa shape index (κ2) is 10.1. The average Bonchev–Trinajstić information content (AvgIpc) is 2.88. The van der Waals surface area contributed by atoms with Crippen molar-refractivity contribution in [1.82, 2.24) is 9.80 Å². The highest BCUT2D eigenvalue weighted by molar-refractivity contribution is 5.35. The molecule has 4 aromatic rings. The normalized spacial score (nSPS) is 15.1. The van der Waals surface area contributed by atoms with E-state index in [9.17, 15) is 5.26 Å². The number of likely N-dealkylation sites (tertiary alicyclic amines) is 1. The van der Waals surface area contributed by atoms with Crippen LogP contribution in [-0.2, 0) is 13.1 Å². The van der Waals surface area contributed by atoms with Crippen LogP contribution < -0.4 is 0 Å². The number of rotatable bonds is 8. The van der Waals surface area contributed by atoms with Crippen LogP contribution in [0, 0.1) is 11.3 Å². The number of benzene rings is 4. The predicted octanol–water partition coefficient (Wildman–Crippen LogP) is 6.06. The summed E-state index contributed by atoms with van der Waals surface area (Å²) in [5, 5.41) is 10.5. The van der Waals surface area contributed by atoms with Gasteiger partial charge in [0.2, 0.25) is 0 Å². The second-order valence-electron chi connectivity index (χ2n) is 9.10. The van der Waals surface area contributed by atoms with Crippen molar-refractivity contribution in [3.8, 4) is 6.07 Å². The van der Waals surface area contributed by atoms with Gasteiger partial charge in [0.05, 0.1) is 12.1 Å². The van der Waals surface area contributed by atoms with E-state index in [1.165, 1.54) is 22.3 Å². The number of hydrogen-bond acceptors (Lipinski definition) is 3. The summed E-state index contributed by atoms with van der Waals surface area (Å²) in [6.45, 7) is 2.91. The maximum absolute atomic E-state index is 10.5. The maximum atomic E-state index is 10.5. The maximum Gasteiger partial charge on any atom is 0.135 e. The van der Waals surface area contributed by atoms with Crippen molar-refractivity contribution in [1.29, 1.82) is 5.26 Å². The van der Waals surface area contributed by atoms with E-state index < -0.39 is 5.54 Å². The topological polar surface area (TPSA) is 30.3 Å². The molecule has 1 fully saturated rings. The third kappa shape index (κ3) is 4.65. The molecule has 1 aliphatic heterocycles. The van der Waals surface area contributed by atoms with Crippen LogP contribution in [0.3, 0.4) is 0 Å². The summed E-state index contributed by atoms with van der Waals surface area (Å²) in [5.41, 5.74) is 4.45. The van der Waals surface area contributed by atoms with Gasteiger partial charge in [-0.25, -0.2) is 0 Å².